The fourth-order valence-electron chi connectivity index (χ4n) is 3.72. The molecule has 2 aromatic heterocycles. The molecule has 4 rings (SSSR count). The van der Waals surface area contributed by atoms with Crippen molar-refractivity contribution >= 4 is 27.9 Å². The predicted molar refractivity (Wildman–Crippen MR) is 111 cm³/mol. The fraction of sp³-hybridized carbons (Fsp3) is 0.421. The smallest absolute Gasteiger partial charge is 0.269 e. The zero-order valence-corrected chi connectivity index (χ0v) is 17.5. The van der Waals surface area contributed by atoms with Gasteiger partial charge in [0.15, 0.2) is 5.82 Å². The number of non-ortho nitro benzene ring substituents is 1. The Balaban J connectivity index is 1.74. The number of hydrogen-bond donors (Lipinski definition) is 1. The highest BCUT2D eigenvalue weighted by Gasteiger charge is 2.32. The third kappa shape index (κ3) is 3.61. The highest BCUT2D eigenvalue weighted by atomic mass is 32.1. The summed E-state index contributed by atoms with van der Waals surface area (Å²) in [5.74, 6) is 0.722. The summed E-state index contributed by atoms with van der Waals surface area (Å²) < 4.78 is 1.45. The normalized spacial score (nSPS) is 16.1. The molecule has 0 radical (unpaired) electrons. The van der Waals surface area contributed by atoms with Crippen LogP contribution in [0.2, 0.25) is 0 Å². The molecule has 0 saturated carbocycles. The quantitative estimate of drug-likeness (QED) is 0.487. The first-order valence-corrected chi connectivity index (χ1v) is 10.5. The van der Waals surface area contributed by atoms with E-state index in [1.54, 1.807) is 24.0 Å². The van der Waals surface area contributed by atoms with Crippen molar-refractivity contribution < 1.29 is 14.8 Å². The Morgan fingerprint density at radius 3 is 2.47 bits per heavy atom. The number of aromatic hydroxyl groups is 1. The van der Waals surface area contributed by atoms with Crippen LogP contribution in [0.15, 0.2) is 24.3 Å². The molecule has 3 heterocycles. The molecule has 3 aromatic rings. The fourth-order valence-corrected chi connectivity index (χ4v) is 4.86. The molecule has 30 heavy (non-hydrogen) atoms. The number of fused-ring (bicyclic) bond motifs is 1. The van der Waals surface area contributed by atoms with Crippen LogP contribution in [0.25, 0.3) is 4.96 Å². The first-order chi connectivity index (χ1) is 14.4. The Labute approximate surface area is 176 Å². The molecule has 0 unspecified atom stereocenters. The van der Waals surface area contributed by atoms with Crippen LogP contribution in [0.3, 0.4) is 0 Å². The van der Waals surface area contributed by atoms with Gasteiger partial charge in [0.05, 0.1) is 15.8 Å². The lowest BCUT2D eigenvalue weighted by atomic mass is 10.0. The lowest BCUT2D eigenvalue weighted by Crippen LogP contribution is -2.49. The zero-order valence-electron chi connectivity index (χ0n) is 16.7. The molecule has 1 atom stereocenters. The number of benzene rings is 1. The highest BCUT2D eigenvalue weighted by Crippen LogP contribution is 2.40. The molecule has 0 spiro atoms. The van der Waals surface area contributed by atoms with Crippen LogP contribution >= 0.6 is 11.3 Å². The van der Waals surface area contributed by atoms with E-state index in [1.165, 1.54) is 28.0 Å². The second kappa shape index (κ2) is 8.00. The molecule has 1 saturated heterocycles. The number of nitro benzene ring substituents is 1. The minimum absolute atomic E-state index is 0.0124. The maximum atomic E-state index is 11.7. The molecule has 1 aliphatic heterocycles. The molecule has 1 N–H and O–H groups in total. The molecular formula is C19H22N6O4S. The first kappa shape index (κ1) is 20.2. The van der Waals surface area contributed by atoms with Crippen LogP contribution < -0.4 is 0 Å². The van der Waals surface area contributed by atoms with E-state index in [0.717, 1.165) is 5.56 Å². The van der Waals surface area contributed by atoms with Crippen molar-refractivity contribution in [3.8, 4) is 5.88 Å². The minimum atomic E-state index is -0.433. The van der Waals surface area contributed by atoms with Gasteiger partial charge in [0.2, 0.25) is 16.7 Å². The average Bonchev–Trinajstić information content (AvgIpc) is 3.28. The van der Waals surface area contributed by atoms with Crippen LogP contribution in [0.1, 0.15) is 36.2 Å². The molecule has 158 valence electrons. The summed E-state index contributed by atoms with van der Waals surface area (Å²) in [7, 11) is 0. The molecule has 0 bridgehead atoms. The van der Waals surface area contributed by atoms with Crippen molar-refractivity contribution in [2.24, 2.45) is 0 Å². The molecule has 1 aliphatic rings. The Kier molecular flexibility index (Phi) is 5.39. The minimum Gasteiger partial charge on any atom is -0.492 e. The molecule has 0 aliphatic carbocycles. The molecule has 1 aromatic carbocycles. The van der Waals surface area contributed by atoms with Gasteiger partial charge in [-0.05, 0) is 5.56 Å². The Morgan fingerprint density at radius 1 is 1.27 bits per heavy atom. The SMILES string of the molecule is CCc1nc2sc([C@@H](c3ccc([N+](=O)[O-])cc3)N3CCN(C(C)=O)CC3)c(O)n2n1. The molecular weight excluding hydrogens is 408 g/mol. The van der Waals surface area contributed by atoms with Gasteiger partial charge in [-0.2, -0.15) is 4.52 Å². The largest absolute Gasteiger partial charge is 0.492 e. The second-order valence-corrected chi connectivity index (χ2v) is 8.17. The molecule has 1 amide bonds. The van der Waals surface area contributed by atoms with Gasteiger partial charge in [-0.15, -0.1) is 5.10 Å². The monoisotopic (exact) mass is 430 g/mol. The second-order valence-electron chi connectivity index (χ2n) is 7.16. The van der Waals surface area contributed by atoms with Gasteiger partial charge in [-0.1, -0.05) is 30.4 Å². The van der Waals surface area contributed by atoms with E-state index in [2.05, 4.69) is 15.0 Å². The number of aryl methyl sites for hydroxylation is 1. The topological polar surface area (TPSA) is 117 Å². The highest BCUT2D eigenvalue weighted by molar-refractivity contribution is 7.17. The number of carbonyl (C=O) groups is 1. The van der Waals surface area contributed by atoms with Gasteiger partial charge in [-0.25, -0.2) is 4.98 Å². The van der Waals surface area contributed by atoms with E-state index >= 15 is 0 Å². The average molecular weight is 430 g/mol. The Morgan fingerprint density at radius 2 is 1.93 bits per heavy atom. The van der Waals surface area contributed by atoms with E-state index in [9.17, 15) is 20.0 Å². The van der Waals surface area contributed by atoms with Crippen LogP contribution in [0.4, 0.5) is 5.69 Å². The van der Waals surface area contributed by atoms with E-state index in [0.29, 0.717) is 48.3 Å². The maximum Gasteiger partial charge on any atom is 0.269 e. The van der Waals surface area contributed by atoms with Crippen LogP contribution in [0.5, 0.6) is 5.88 Å². The van der Waals surface area contributed by atoms with Crippen molar-refractivity contribution in [2.45, 2.75) is 26.3 Å². The summed E-state index contributed by atoms with van der Waals surface area (Å²) >= 11 is 1.36. The third-order valence-electron chi connectivity index (χ3n) is 5.35. The zero-order chi connectivity index (χ0) is 21.4. The van der Waals surface area contributed by atoms with Gasteiger partial charge in [0.1, 0.15) is 0 Å². The van der Waals surface area contributed by atoms with Crippen molar-refractivity contribution in [3.05, 3.63) is 50.6 Å². The Hall–Kier alpha value is -3.05. The standard InChI is InChI=1S/C19H22N6O4S/c1-3-15-20-19-24(21-15)18(27)17(30-19)16(13-4-6-14(7-5-13)25(28)29)23-10-8-22(9-11-23)12(2)26/h4-7,16,27H,3,8-11H2,1-2H3/t16-/m1/s1. The summed E-state index contributed by atoms with van der Waals surface area (Å²) in [6, 6.07) is 6.05. The van der Waals surface area contributed by atoms with Gasteiger partial charge in [0.25, 0.3) is 5.69 Å². The van der Waals surface area contributed by atoms with E-state index in [1.807, 2.05) is 6.92 Å². The van der Waals surface area contributed by atoms with Crippen LogP contribution in [-0.4, -0.2) is 66.5 Å². The molecule has 10 nitrogen and oxygen atoms in total. The first-order valence-electron chi connectivity index (χ1n) is 9.70. The van der Waals surface area contributed by atoms with Crippen LogP contribution in [0, 0.1) is 10.1 Å². The van der Waals surface area contributed by atoms with Crippen LogP contribution in [-0.2, 0) is 11.2 Å². The lowest BCUT2D eigenvalue weighted by Gasteiger charge is -2.38. The Bertz CT molecular complexity index is 1080. The van der Waals surface area contributed by atoms with E-state index < -0.39 is 4.92 Å². The third-order valence-corrected chi connectivity index (χ3v) is 6.43. The summed E-state index contributed by atoms with van der Waals surface area (Å²) in [6.07, 6.45) is 0.669. The number of amides is 1. The summed E-state index contributed by atoms with van der Waals surface area (Å²) in [4.78, 5) is 32.0. The number of piperazine rings is 1. The van der Waals surface area contributed by atoms with E-state index in [-0.39, 0.29) is 23.5 Å². The number of aromatic nitrogens is 3. The molecule has 11 heteroatoms. The number of rotatable bonds is 5. The predicted octanol–water partition coefficient (Wildman–Crippen LogP) is 2.22. The van der Waals surface area contributed by atoms with Crippen molar-refractivity contribution in [2.75, 3.05) is 26.2 Å². The number of nitro groups is 1. The lowest BCUT2D eigenvalue weighted by molar-refractivity contribution is -0.384. The van der Waals surface area contributed by atoms with Gasteiger partial charge in [-0.3, -0.25) is 19.8 Å². The summed E-state index contributed by atoms with van der Waals surface area (Å²) in [5, 5.41) is 26.3. The van der Waals surface area contributed by atoms with Gasteiger partial charge in [0, 0.05) is 51.7 Å². The van der Waals surface area contributed by atoms with Crippen molar-refractivity contribution in [3.63, 3.8) is 0 Å². The maximum absolute atomic E-state index is 11.7. The van der Waals surface area contributed by atoms with Gasteiger partial charge < -0.3 is 10.0 Å². The number of carbonyl (C=O) groups excluding carboxylic acids is 1. The number of hydrogen-bond acceptors (Lipinski definition) is 8. The van der Waals surface area contributed by atoms with Crippen molar-refractivity contribution in [1.29, 1.82) is 0 Å². The van der Waals surface area contributed by atoms with Gasteiger partial charge >= 0.3 is 0 Å². The van der Waals surface area contributed by atoms with E-state index in [4.69, 9.17) is 0 Å². The number of thiazole rings is 1. The summed E-state index contributed by atoms with van der Waals surface area (Å²) in [6.45, 7) is 5.91. The number of nitrogens with zero attached hydrogens (tertiary/aromatic N) is 6. The summed E-state index contributed by atoms with van der Waals surface area (Å²) in [5.41, 5.74) is 0.839. The van der Waals surface area contributed by atoms with Crippen molar-refractivity contribution in [1.82, 2.24) is 24.4 Å². The molecule has 1 fully saturated rings.